The molecule has 0 amide bonds. The predicted octanol–water partition coefficient (Wildman–Crippen LogP) is 2.57. The molecule has 1 atom stereocenters. The number of hydrogen-bond donors (Lipinski definition) is 1. The minimum atomic E-state index is 0.326. The number of benzene rings is 1. The van der Waals surface area contributed by atoms with Gasteiger partial charge in [0.1, 0.15) is 5.82 Å². The number of nitrogens with zero attached hydrogens (tertiary/aromatic N) is 2. The fourth-order valence-corrected chi connectivity index (χ4v) is 3.00. The molecule has 112 valence electrons. The summed E-state index contributed by atoms with van der Waals surface area (Å²) in [6.45, 7) is 5.91. The Morgan fingerprint density at radius 1 is 1.33 bits per heavy atom. The van der Waals surface area contributed by atoms with Gasteiger partial charge < -0.3 is 15.0 Å². The van der Waals surface area contributed by atoms with Gasteiger partial charge in [0, 0.05) is 38.3 Å². The van der Waals surface area contributed by atoms with E-state index in [2.05, 4.69) is 41.4 Å². The molecule has 0 spiro atoms. The first-order chi connectivity index (χ1) is 10.3. The number of ether oxygens (including phenoxy) is 1. The molecule has 1 fully saturated rings. The fourth-order valence-electron chi connectivity index (χ4n) is 3.00. The van der Waals surface area contributed by atoms with Crippen LogP contribution in [-0.4, -0.2) is 37.8 Å². The lowest BCUT2D eigenvalue weighted by Crippen LogP contribution is -2.23. The lowest BCUT2D eigenvalue weighted by Gasteiger charge is -2.20. The van der Waals surface area contributed by atoms with Gasteiger partial charge in [-0.2, -0.15) is 0 Å². The molecule has 2 aromatic rings. The highest BCUT2D eigenvalue weighted by Gasteiger charge is 2.24. The van der Waals surface area contributed by atoms with Gasteiger partial charge in [-0.1, -0.05) is 31.2 Å². The van der Waals surface area contributed by atoms with Gasteiger partial charge in [-0.3, -0.25) is 0 Å². The molecule has 1 aliphatic heterocycles. The van der Waals surface area contributed by atoms with Crippen LogP contribution in [0.4, 0.5) is 5.82 Å². The highest BCUT2D eigenvalue weighted by Crippen LogP contribution is 2.29. The normalized spacial score (nSPS) is 18.6. The Labute approximate surface area is 126 Å². The van der Waals surface area contributed by atoms with Crippen molar-refractivity contribution in [3.05, 3.63) is 36.0 Å². The summed E-state index contributed by atoms with van der Waals surface area (Å²) < 4.78 is 5.47. The van der Waals surface area contributed by atoms with Crippen LogP contribution in [0.5, 0.6) is 0 Å². The molecular formula is C17H23N3O. The van der Waals surface area contributed by atoms with Gasteiger partial charge in [-0.15, -0.1) is 0 Å². The maximum Gasteiger partial charge on any atom is 0.136 e. The standard InChI is InChI=1S/C17H23N3O/c1-3-18-10-13-11-19-17(16-7-5-4-6-15(13)16)20-9-8-14(12-20)21-2/h4-7,11,14,18H,3,8-10,12H2,1-2H3. The first-order valence-electron chi connectivity index (χ1n) is 7.68. The maximum absolute atomic E-state index is 5.47. The van der Waals surface area contributed by atoms with Crippen molar-refractivity contribution in [2.24, 2.45) is 0 Å². The summed E-state index contributed by atoms with van der Waals surface area (Å²) in [5.74, 6) is 1.09. The number of rotatable bonds is 5. The lowest BCUT2D eigenvalue weighted by atomic mass is 10.1. The second-order valence-corrected chi connectivity index (χ2v) is 5.53. The molecule has 0 radical (unpaired) electrons. The molecule has 1 aromatic heterocycles. The highest BCUT2D eigenvalue weighted by molar-refractivity contribution is 5.94. The van der Waals surface area contributed by atoms with Crippen LogP contribution in [0.2, 0.25) is 0 Å². The smallest absolute Gasteiger partial charge is 0.136 e. The van der Waals surface area contributed by atoms with E-state index in [1.54, 1.807) is 7.11 Å². The van der Waals surface area contributed by atoms with Gasteiger partial charge in [0.05, 0.1) is 6.10 Å². The van der Waals surface area contributed by atoms with Crippen LogP contribution in [0, 0.1) is 0 Å². The number of anilines is 1. The van der Waals surface area contributed by atoms with Crippen molar-refractivity contribution in [1.82, 2.24) is 10.3 Å². The van der Waals surface area contributed by atoms with Crippen LogP contribution in [0.3, 0.4) is 0 Å². The van der Waals surface area contributed by atoms with Crippen molar-refractivity contribution in [3.8, 4) is 0 Å². The number of hydrogen-bond acceptors (Lipinski definition) is 4. The van der Waals surface area contributed by atoms with E-state index in [0.29, 0.717) is 6.10 Å². The molecule has 1 saturated heterocycles. The zero-order chi connectivity index (χ0) is 14.7. The summed E-state index contributed by atoms with van der Waals surface area (Å²) in [7, 11) is 1.79. The first kappa shape index (κ1) is 14.3. The highest BCUT2D eigenvalue weighted by atomic mass is 16.5. The molecule has 3 rings (SSSR count). The minimum Gasteiger partial charge on any atom is -0.380 e. The number of fused-ring (bicyclic) bond motifs is 1. The van der Waals surface area contributed by atoms with E-state index in [0.717, 1.165) is 38.4 Å². The number of pyridine rings is 1. The van der Waals surface area contributed by atoms with Gasteiger partial charge in [-0.25, -0.2) is 4.98 Å². The van der Waals surface area contributed by atoms with Crippen LogP contribution in [0.25, 0.3) is 10.8 Å². The van der Waals surface area contributed by atoms with Gasteiger partial charge in [0.15, 0.2) is 0 Å². The summed E-state index contributed by atoms with van der Waals surface area (Å²) in [6, 6.07) is 8.56. The molecule has 1 unspecified atom stereocenters. The average Bonchev–Trinajstić information content (AvgIpc) is 3.01. The van der Waals surface area contributed by atoms with E-state index in [1.165, 1.54) is 16.3 Å². The third-order valence-corrected chi connectivity index (χ3v) is 4.20. The van der Waals surface area contributed by atoms with Crippen LogP contribution < -0.4 is 10.2 Å². The van der Waals surface area contributed by atoms with E-state index in [9.17, 15) is 0 Å². The third-order valence-electron chi connectivity index (χ3n) is 4.20. The van der Waals surface area contributed by atoms with E-state index < -0.39 is 0 Å². The molecule has 0 aliphatic carbocycles. The van der Waals surface area contributed by atoms with Gasteiger partial charge in [-0.05, 0) is 23.9 Å². The molecular weight excluding hydrogens is 262 g/mol. The quantitative estimate of drug-likeness (QED) is 0.916. The van der Waals surface area contributed by atoms with Crippen molar-refractivity contribution in [2.45, 2.75) is 26.0 Å². The Morgan fingerprint density at radius 2 is 2.14 bits per heavy atom. The molecule has 1 aliphatic rings. The monoisotopic (exact) mass is 285 g/mol. The first-order valence-corrected chi connectivity index (χ1v) is 7.68. The van der Waals surface area contributed by atoms with E-state index >= 15 is 0 Å². The Bertz CT molecular complexity index is 614. The van der Waals surface area contributed by atoms with Crippen molar-refractivity contribution in [2.75, 3.05) is 31.6 Å². The van der Waals surface area contributed by atoms with Crippen LogP contribution >= 0.6 is 0 Å². The Balaban J connectivity index is 1.97. The summed E-state index contributed by atoms with van der Waals surface area (Å²) >= 11 is 0. The zero-order valence-corrected chi connectivity index (χ0v) is 12.8. The topological polar surface area (TPSA) is 37.4 Å². The number of methoxy groups -OCH3 is 1. The molecule has 1 aromatic carbocycles. The second-order valence-electron chi connectivity index (χ2n) is 5.53. The van der Waals surface area contributed by atoms with Gasteiger partial charge >= 0.3 is 0 Å². The van der Waals surface area contributed by atoms with Crippen molar-refractivity contribution < 1.29 is 4.74 Å². The predicted molar refractivity (Wildman–Crippen MR) is 86.8 cm³/mol. The number of aromatic nitrogens is 1. The molecule has 1 N–H and O–H groups in total. The fraction of sp³-hybridized carbons (Fsp3) is 0.471. The van der Waals surface area contributed by atoms with E-state index in [1.807, 2.05) is 6.20 Å². The van der Waals surface area contributed by atoms with Crippen LogP contribution in [0.1, 0.15) is 18.9 Å². The van der Waals surface area contributed by atoms with Crippen molar-refractivity contribution >= 4 is 16.6 Å². The zero-order valence-electron chi connectivity index (χ0n) is 12.8. The van der Waals surface area contributed by atoms with E-state index in [4.69, 9.17) is 9.72 Å². The molecule has 4 heteroatoms. The summed E-state index contributed by atoms with van der Waals surface area (Å²) in [6.07, 6.45) is 3.42. The lowest BCUT2D eigenvalue weighted by molar-refractivity contribution is 0.121. The van der Waals surface area contributed by atoms with E-state index in [-0.39, 0.29) is 0 Å². The van der Waals surface area contributed by atoms with Gasteiger partial charge in [0.25, 0.3) is 0 Å². The van der Waals surface area contributed by atoms with Crippen LogP contribution in [0.15, 0.2) is 30.5 Å². The maximum atomic E-state index is 5.47. The molecule has 0 saturated carbocycles. The summed E-state index contributed by atoms with van der Waals surface area (Å²) in [5.41, 5.74) is 1.26. The molecule has 21 heavy (non-hydrogen) atoms. The average molecular weight is 285 g/mol. The SMILES string of the molecule is CCNCc1cnc(N2CCC(OC)C2)c2ccccc12. The second kappa shape index (κ2) is 6.41. The summed E-state index contributed by atoms with van der Waals surface area (Å²) in [4.78, 5) is 7.08. The molecule has 2 heterocycles. The molecule has 0 bridgehead atoms. The number of nitrogens with one attached hydrogen (secondary N) is 1. The van der Waals surface area contributed by atoms with Gasteiger partial charge in [0.2, 0.25) is 0 Å². The summed E-state index contributed by atoms with van der Waals surface area (Å²) in [5, 5.41) is 5.92. The Kier molecular flexibility index (Phi) is 4.36. The minimum absolute atomic E-state index is 0.326. The third kappa shape index (κ3) is 2.87. The largest absolute Gasteiger partial charge is 0.380 e. The Hall–Kier alpha value is -1.65. The van der Waals surface area contributed by atoms with Crippen molar-refractivity contribution in [1.29, 1.82) is 0 Å². The Morgan fingerprint density at radius 3 is 2.86 bits per heavy atom. The molecule has 4 nitrogen and oxygen atoms in total. The van der Waals surface area contributed by atoms with Crippen LogP contribution in [-0.2, 0) is 11.3 Å². The van der Waals surface area contributed by atoms with Crippen molar-refractivity contribution in [3.63, 3.8) is 0 Å².